The van der Waals surface area contributed by atoms with Gasteiger partial charge in [0.1, 0.15) is 0 Å². The smallest absolute Gasteiger partial charge is 0.475 e. The van der Waals surface area contributed by atoms with Gasteiger partial charge < -0.3 is 20.4 Å². The average Bonchev–Trinajstić information content (AvgIpc) is 3.64. The topological polar surface area (TPSA) is 186 Å². The number of nitrogens with zero attached hydrogens (tertiary/aromatic N) is 5. The van der Waals surface area contributed by atoms with Crippen molar-refractivity contribution >= 4 is 23.9 Å². The first-order valence-electron chi connectivity index (χ1n) is 14.6. The van der Waals surface area contributed by atoms with Crippen LogP contribution in [0.1, 0.15) is 32.4 Å². The van der Waals surface area contributed by atoms with Crippen molar-refractivity contribution < 1.29 is 92.3 Å². The van der Waals surface area contributed by atoms with Crippen LogP contribution in [0.2, 0.25) is 0 Å². The van der Waals surface area contributed by atoms with Gasteiger partial charge >= 0.3 is 48.6 Å². The molecule has 2 fully saturated rings. The van der Waals surface area contributed by atoms with E-state index in [-0.39, 0.29) is 0 Å². The lowest BCUT2D eigenvalue weighted by atomic mass is 9.91. The first-order chi connectivity index (χ1) is 24.0. The van der Waals surface area contributed by atoms with E-state index in [2.05, 4.69) is 56.7 Å². The number of rotatable bonds is 5. The van der Waals surface area contributed by atoms with Crippen LogP contribution in [0.25, 0.3) is 0 Å². The number of aliphatic carboxylic acids is 4. The summed E-state index contributed by atoms with van der Waals surface area (Å²) in [6.07, 6.45) is -11.9. The summed E-state index contributed by atoms with van der Waals surface area (Å²) in [5.41, 5.74) is 1.19. The zero-order valence-corrected chi connectivity index (χ0v) is 27.3. The Labute approximate surface area is 291 Å². The molecule has 4 heterocycles. The van der Waals surface area contributed by atoms with E-state index in [4.69, 9.17) is 39.6 Å². The van der Waals surface area contributed by atoms with E-state index in [1.165, 1.54) is 31.6 Å². The number of carboxylic acid groups (broad SMARTS) is 4. The number of piperidine rings is 1. The van der Waals surface area contributed by atoms with Crippen molar-refractivity contribution in [1.82, 2.24) is 24.6 Å². The number of carbonyl (C=O) groups is 4. The second-order valence-corrected chi connectivity index (χ2v) is 11.0. The SMILES string of the molecule is CC(C)N1[C@H](Cn2cccn2)C[C@@H]2CN(Cc3ccccn3)CC[C@@H]21.O=C(O)C(F)(F)F.O=C(O)C(F)(F)F.O=C(O)C(F)(F)F.O=C(O)C(F)(F)F. The van der Waals surface area contributed by atoms with Gasteiger partial charge in [-0.25, -0.2) is 19.2 Å². The molecule has 2 saturated heterocycles. The van der Waals surface area contributed by atoms with Crippen molar-refractivity contribution in [2.75, 3.05) is 13.1 Å². The van der Waals surface area contributed by atoms with Crippen LogP contribution >= 0.6 is 0 Å². The molecule has 2 aromatic rings. The summed E-state index contributed by atoms with van der Waals surface area (Å²) in [4.78, 5) is 45.4. The fourth-order valence-corrected chi connectivity index (χ4v) is 4.92. The number of likely N-dealkylation sites (tertiary alicyclic amines) is 2. The minimum Gasteiger partial charge on any atom is -0.475 e. The van der Waals surface area contributed by atoms with Crippen LogP contribution in [0, 0.1) is 5.92 Å². The zero-order valence-electron chi connectivity index (χ0n) is 27.3. The second kappa shape index (κ2) is 20.5. The Morgan fingerprint density at radius 3 is 1.55 bits per heavy atom. The van der Waals surface area contributed by atoms with Gasteiger partial charge in [-0.15, -0.1) is 0 Å². The maximum Gasteiger partial charge on any atom is 0.490 e. The molecule has 302 valence electrons. The van der Waals surface area contributed by atoms with Crippen LogP contribution in [-0.4, -0.2) is 125 Å². The number of fused-ring (bicyclic) bond motifs is 1. The van der Waals surface area contributed by atoms with Crippen LogP contribution in [-0.2, 0) is 32.3 Å². The number of alkyl halides is 12. The van der Waals surface area contributed by atoms with Crippen molar-refractivity contribution in [1.29, 1.82) is 0 Å². The van der Waals surface area contributed by atoms with E-state index >= 15 is 0 Å². The van der Waals surface area contributed by atoms with Crippen molar-refractivity contribution in [3.8, 4) is 0 Å². The Kier molecular flexibility index (Phi) is 18.7. The van der Waals surface area contributed by atoms with E-state index in [1.54, 1.807) is 0 Å². The van der Waals surface area contributed by atoms with Crippen LogP contribution in [0.5, 0.6) is 0 Å². The maximum atomic E-state index is 10.6. The Morgan fingerprint density at radius 2 is 1.21 bits per heavy atom. The number of hydrogen-bond acceptors (Lipinski definition) is 8. The molecule has 3 atom stereocenters. The Balaban J connectivity index is 0.000000791. The molecule has 0 saturated carbocycles. The summed E-state index contributed by atoms with van der Waals surface area (Å²) in [6, 6.07) is 10.2. The highest BCUT2D eigenvalue weighted by molar-refractivity contribution is 5.74. The molecule has 4 N–H and O–H groups in total. The quantitative estimate of drug-likeness (QED) is 0.291. The Morgan fingerprint density at radius 1 is 0.755 bits per heavy atom. The van der Waals surface area contributed by atoms with Crippen LogP contribution < -0.4 is 0 Å². The summed E-state index contributed by atoms with van der Waals surface area (Å²) in [7, 11) is 0. The van der Waals surface area contributed by atoms with Crippen molar-refractivity contribution in [3.63, 3.8) is 0 Å². The summed E-state index contributed by atoms with van der Waals surface area (Å²) in [5, 5.41) is 32.9. The molecule has 13 nitrogen and oxygen atoms in total. The molecule has 2 aliphatic rings. The third-order valence-corrected chi connectivity index (χ3v) is 6.79. The molecule has 0 aliphatic carbocycles. The number of aromatic nitrogens is 3. The van der Waals surface area contributed by atoms with Gasteiger partial charge in [0.05, 0.1) is 12.2 Å². The van der Waals surface area contributed by atoms with Crippen LogP contribution in [0.15, 0.2) is 42.9 Å². The molecule has 2 aliphatic heterocycles. The fourth-order valence-electron chi connectivity index (χ4n) is 4.92. The normalized spacial score (nSPS) is 19.0. The van der Waals surface area contributed by atoms with Crippen LogP contribution in [0.4, 0.5) is 52.7 Å². The van der Waals surface area contributed by atoms with Crippen molar-refractivity contribution in [2.24, 2.45) is 5.92 Å². The molecular weight excluding hydrogens is 762 g/mol. The number of halogens is 12. The molecule has 4 rings (SSSR count). The van der Waals surface area contributed by atoms with Crippen molar-refractivity contribution in [2.45, 2.75) is 82.6 Å². The van der Waals surface area contributed by atoms with Gasteiger partial charge in [0, 0.05) is 56.4 Å². The lowest BCUT2D eigenvalue weighted by Gasteiger charge is -2.40. The maximum absolute atomic E-state index is 10.6. The summed E-state index contributed by atoms with van der Waals surface area (Å²) in [5.74, 6) is -10.3. The first-order valence-corrected chi connectivity index (χ1v) is 14.6. The number of hydrogen-bond donors (Lipinski definition) is 4. The zero-order chi connectivity index (χ0) is 41.5. The van der Waals surface area contributed by atoms with E-state index in [0.717, 1.165) is 25.0 Å². The van der Waals surface area contributed by atoms with E-state index in [9.17, 15) is 52.7 Å². The van der Waals surface area contributed by atoms with Gasteiger partial charge in [0.2, 0.25) is 0 Å². The summed E-state index contributed by atoms with van der Waals surface area (Å²) < 4.78 is 129. The van der Waals surface area contributed by atoms with Gasteiger partial charge in [-0.3, -0.25) is 19.5 Å². The predicted octanol–water partition coefficient (Wildman–Crippen LogP) is 5.18. The molecule has 53 heavy (non-hydrogen) atoms. The minimum absolute atomic E-state index is 0.595. The third-order valence-electron chi connectivity index (χ3n) is 6.79. The van der Waals surface area contributed by atoms with Gasteiger partial charge in [0.15, 0.2) is 0 Å². The van der Waals surface area contributed by atoms with Gasteiger partial charge in [-0.1, -0.05) is 6.07 Å². The third kappa shape index (κ3) is 19.1. The number of carboxylic acids is 4. The first kappa shape index (κ1) is 48.3. The highest BCUT2D eigenvalue weighted by Gasteiger charge is 2.45. The van der Waals surface area contributed by atoms with Gasteiger partial charge in [0.25, 0.3) is 0 Å². The lowest BCUT2D eigenvalue weighted by molar-refractivity contribution is -0.193. The molecule has 0 bridgehead atoms. The molecule has 0 amide bonds. The predicted molar refractivity (Wildman–Crippen MR) is 154 cm³/mol. The molecule has 2 aromatic heterocycles. The highest BCUT2D eigenvalue weighted by Crippen LogP contribution is 2.38. The standard InChI is InChI=1S/C20H29N5.4C2HF3O2/c1-16(2)25-19(15-24-10-5-9-22-24)12-17-13-23(11-7-20(17)25)14-18-6-3-4-8-21-18;4*3-2(4,5)1(6)7/h3-6,8-10,16-17,19-20H,7,11-15H2,1-2H3;4*(H,6,7)/t17-,19+,20+;;;;/m1..../s1. The molecule has 25 heteroatoms. The number of pyridine rings is 1. The average molecular weight is 796 g/mol. The van der Waals surface area contributed by atoms with Crippen molar-refractivity contribution in [3.05, 3.63) is 48.5 Å². The molecule has 0 unspecified atom stereocenters. The van der Waals surface area contributed by atoms with E-state index < -0.39 is 48.6 Å². The highest BCUT2D eigenvalue weighted by atomic mass is 19.4. The van der Waals surface area contributed by atoms with E-state index in [1.807, 2.05) is 24.5 Å². The Bertz CT molecular complexity index is 1320. The second-order valence-electron chi connectivity index (χ2n) is 11.0. The monoisotopic (exact) mass is 795 g/mol. The lowest BCUT2D eigenvalue weighted by Crippen LogP contribution is -2.49. The van der Waals surface area contributed by atoms with Gasteiger partial charge in [-0.05, 0) is 50.8 Å². The summed E-state index contributed by atoms with van der Waals surface area (Å²) >= 11 is 0. The molecular formula is C28H33F12N5O8. The van der Waals surface area contributed by atoms with Crippen LogP contribution in [0.3, 0.4) is 0 Å². The minimum atomic E-state index is -5.08. The fraction of sp³-hybridized carbons (Fsp3) is 0.571. The van der Waals surface area contributed by atoms with Gasteiger partial charge in [-0.2, -0.15) is 57.8 Å². The Hall–Kier alpha value is -4.68. The molecule has 0 spiro atoms. The summed E-state index contributed by atoms with van der Waals surface area (Å²) in [6.45, 7) is 9.06. The largest absolute Gasteiger partial charge is 0.490 e. The molecule has 0 radical (unpaired) electrons. The van der Waals surface area contributed by atoms with E-state index in [0.29, 0.717) is 12.1 Å². The molecule has 0 aromatic carbocycles.